The third kappa shape index (κ3) is 6.47. The zero-order valence-corrected chi connectivity index (χ0v) is 15.1. The number of benzene rings is 1. The van der Waals surface area contributed by atoms with E-state index in [1.807, 2.05) is 12.1 Å². The summed E-state index contributed by atoms with van der Waals surface area (Å²) in [4.78, 5) is 0. The topological polar surface area (TPSA) is 18.5 Å². The maximum atomic E-state index is 6.22. The van der Waals surface area contributed by atoms with Crippen molar-refractivity contribution < 1.29 is 9.47 Å². The predicted octanol–water partition coefficient (Wildman–Crippen LogP) is 5.50. The summed E-state index contributed by atoms with van der Waals surface area (Å²) in [6, 6.07) is 3.97. The molecule has 0 bridgehead atoms. The van der Waals surface area contributed by atoms with Crippen LogP contribution >= 0.6 is 27.5 Å². The summed E-state index contributed by atoms with van der Waals surface area (Å²) in [5, 5.41) is 0.647. The Bertz CT molecular complexity index is 427. The first-order chi connectivity index (χ1) is 9.33. The summed E-state index contributed by atoms with van der Waals surface area (Å²) in [6.45, 7) is 8.07. The fourth-order valence-corrected chi connectivity index (χ4v) is 2.66. The van der Waals surface area contributed by atoms with Gasteiger partial charge in [-0.3, -0.25) is 0 Å². The van der Waals surface area contributed by atoms with Crippen LogP contribution in [-0.2, 0) is 11.2 Å². The fraction of sp³-hybridized carbons (Fsp3) is 0.625. The minimum atomic E-state index is 0.318. The van der Waals surface area contributed by atoms with Crippen molar-refractivity contribution in [1.29, 1.82) is 0 Å². The van der Waals surface area contributed by atoms with Crippen molar-refractivity contribution >= 4 is 27.5 Å². The Balaban J connectivity index is 2.70. The van der Waals surface area contributed by atoms with E-state index in [0.29, 0.717) is 23.7 Å². The van der Waals surface area contributed by atoms with Gasteiger partial charge in [0.2, 0.25) is 0 Å². The van der Waals surface area contributed by atoms with Gasteiger partial charge in [0, 0.05) is 24.6 Å². The van der Waals surface area contributed by atoms with Gasteiger partial charge in [0.15, 0.2) is 0 Å². The molecular weight excluding hydrogens is 340 g/mol. The van der Waals surface area contributed by atoms with Crippen molar-refractivity contribution in [3.63, 3.8) is 0 Å². The van der Waals surface area contributed by atoms with Crippen LogP contribution in [-0.4, -0.2) is 20.3 Å². The number of methoxy groups -OCH3 is 1. The number of ether oxygens (including phenoxy) is 2. The molecule has 1 rings (SSSR count). The highest BCUT2D eigenvalue weighted by Crippen LogP contribution is 2.33. The molecule has 1 aromatic rings. The van der Waals surface area contributed by atoms with E-state index in [-0.39, 0.29) is 0 Å². The van der Waals surface area contributed by atoms with E-state index in [4.69, 9.17) is 21.1 Å². The molecule has 0 aliphatic rings. The molecule has 1 aromatic carbocycles. The molecule has 0 amide bonds. The minimum absolute atomic E-state index is 0.318. The van der Waals surface area contributed by atoms with Crippen molar-refractivity contribution in [1.82, 2.24) is 0 Å². The molecule has 0 heterocycles. The number of aryl methyl sites for hydroxylation is 1. The molecule has 0 N–H and O–H groups in total. The van der Waals surface area contributed by atoms with Crippen molar-refractivity contribution in [3.8, 4) is 5.75 Å². The number of hydrogen-bond donors (Lipinski definition) is 0. The van der Waals surface area contributed by atoms with Gasteiger partial charge in [-0.1, -0.05) is 48.3 Å². The van der Waals surface area contributed by atoms with Gasteiger partial charge in [-0.05, 0) is 36.0 Å². The first-order valence-corrected chi connectivity index (χ1v) is 8.10. The van der Waals surface area contributed by atoms with Crippen LogP contribution in [0.5, 0.6) is 5.75 Å². The summed E-state index contributed by atoms with van der Waals surface area (Å²) < 4.78 is 11.8. The van der Waals surface area contributed by atoms with Crippen LogP contribution in [0, 0.1) is 5.41 Å². The Morgan fingerprint density at radius 2 is 1.90 bits per heavy atom. The average Bonchev–Trinajstić information content (AvgIpc) is 2.34. The highest BCUT2D eigenvalue weighted by molar-refractivity contribution is 9.10. The second kappa shape index (κ2) is 8.26. The third-order valence-electron chi connectivity index (χ3n) is 3.00. The van der Waals surface area contributed by atoms with Gasteiger partial charge >= 0.3 is 0 Å². The average molecular weight is 364 g/mol. The van der Waals surface area contributed by atoms with E-state index in [0.717, 1.165) is 29.5 Å². The zero-order valence-electron chi connectivity index (χ0n) is 12.8. The van der Waals surface area contributed by atoms with E-state index in [9.17, 15) is 0 Å². The Morgan fingerprint density at radius 1 is 1.20 bits per heavy atom. The van der Waals surface area contributed by atoms with E-state index < -0.39 is 0 Å². The molecule has 0 aromatic heterocycles. The number of rotatable bonds is 7. The van der Waals surface area contributed by atoms with E-state index in [1.165, 1.54) is 5.56 Å². The summed E-state index contributed by atoms with van der Waals surface area (Å²) in [6.07, 6.45) is 2.99. The molecule has 0 saturated carbocycles. The molecule has 2 nitrogen and oxygen atoms in total. The van der Waals surface area contributed by atoms with E-state index in [2.05, 4.69) is 36.7 Å². The molecule has 0 aliphatic heterocycles. The standard InChI is InChI=1S/C16H24BrClO2/c1-16(2,3)7-6-12-10-15(14(18)11-13(12)17)20-9-5-8-19-4/h10-11H,5-9H2,1-4H3. The molecule has 0 radical (unpaired) electrons. The summed E-state index contributed by atoms with van der Waals surface area (Å²) in [5.74, 6) is 0.759. The third-order valence-corrected chi connectivity index (χ3v) is 4.03. The Morgan fingerprint density at radius 3 is 2.50 bits per heavy atom. The van der Waals surface area contributed by atoms with Crippen LogP contribution in [0.15, 0.2) is 16.6 Å². The van der Waals surface area contributed by atoms with E-state index >= 15 is 0 Å². The SMILES string of the molecule is COCCCOc1cc(CCC(C)(C)C)c(Br)cc1Cl. The largest absolute Gasteiger partial charge is 0.492 e. The first kappa shape index (κ1) is 17.8. The lowest BCUT2D eigenvalue weighted by molar-refractivity contribution is 0.172. The summed E-state index contributed by atoms with van der Waals surface area (Å²) in [7, 11) is 1.69. The van der Waals surface area contributed by atoms with Gasteiger partial charge in [0.05, 0.1) is 11.6 Å². The van der Waals surface area contributed by atoms with Crippen LogP contribution in [0.25, 0.3) is 0 Å². The zero-order chi connectivity index (χ0) is 15.2. The van der Waals surface area contributed by atoms with Gasteiger partial charge in [-0.2, -0.15) is 0 Å². The van der Waals surface area contributed by atoms with Crippen molar-refractivity contribution in [3.05, 3.63) is 27.2 Å². The van der Waals surface area contributed by atoms with Gasteiger partial charge in [0.1, 0.15) is 5.75 Å². The van der Waals surface area contributed by atoms with Gasteiger partial charge in [-0.25, -0.2) is 0 Å². The molecule has 20 heavy (non-hydrogen) atoms. The molecule has 114 valence electrons. The maximum Gasteiger partial charge on any atom is 0.138 e. The second-order valence-electron chi connectivity index (χ2n) is 6.13. The van der Waals surface area contributed by atoms with Gasteiger partial charge < -0.3 is 9.47 Å². The van der Waals surface area contributed by atoms with Crippen LogP contribution in [0.2, 0.25) is 5.02 Å². The highest BCUT2D eigenvalue weighted by atomic mass is 79.9. The number of hydrogen-bond acceptors (Lipinski definition) is 2. The normalized spacial score (nSPS) is 11.7. The Hall–Kier alpha value is -0.250. The van der Waals surface area contributed by atoms with Crippen molar-refractivity contribution in [2.24, 2.45) is 5.41 Å². The van der Waals surface area contributed by atoms with Crippen LogP contribution in [0.4, 0.5) is 0 Å². The molecule has 0 fully saturated rings. The van der Waals surface area contributed by atoms with Gasteiger partial charge in [0.25, 0.3) is 0 Å². The Kier molecular flexibility index (Phi) is 7.35. The maximum absolute atomic E-state index is 6.22. The first-order valence-electron chi connectivity index (χ1n) is 6.93. The molecule has 4 heteroatoms. The van der Waals surface area contributed by atoms with Crippen LogP contribution < -0.4 is 4.74 Å². The minimum Gasteiger partial charge on any atom is -0.492 e. The van der Waals surface area contributed by atoms with Gasteiger partial charge in [-0.15, -0.1) is 0 Å². The number of halogens is 2. The lowest BCUT2D eigenvalue weighted by Gasteiger charge is -2.19. The lowest BCUT2D eigenvalue weighted by atomic mass is 9.89. The molecule has 0 saturated heterocycles. The van der Waals surface area contributed by atoms with E-state index in [1.54, 1.807) is 7.11 Å². The molecular formula is C16H24BrClO2. The summed E-state index contributed by atoms with van der Waals surface area (Å²) >= 11 is 9.80. The molecule has 0 aliphatic carbocycles. The monoisotopic (exact) mass is 362 g/mol. The molecule has 0 atom stereocenters. The molecule has 0 unspecified atom stereocenters. The predicted molar refractivity (Wildman–Crippen MR) is 88.9 cm³/mol. The lowest BCUT2D eigenvalue weighted by Crippen LogP contribution is -2.07. The smallest absolute Gasteiger partial charge is 0.138 e. The molecule has 0 spiro atoms. The highest BCUT2D eigenvalue weighted by Gasteiger charge is 2.13. The van der Waals surface area contributed by atoms with Crippen molar-refractivity contribution in [2.75, 3.05) is 20.3 Å². The second-order valence-corrected chi connectivity index (χ2v) is 7.39. The fourth-order valence-electron chi connectivity index (χ4n) is 1.77. The quantitative estimate of drug-likeness (QED) is 0.596. The Labute approximate surface area is 135 Å². The van der Waals surface area contributed by atoms with Crippen LogP contribution in [0.1, 0.15) is 39.2 Å². The van der Waals surface area contributed by atoms with Crippen LogP contribution in [0.3, 0.4) is 0 Å². The van der Waals surface area contributed by atoms with Crippen molar-refractivity contribution in [2.45, 2.75) is 40.0 Å². The summed E-state index contributed by atoms with van der Waals surface area (Å²) in [5.41, 5.74) is 1.56.